The zero-order chi connectivity index (χ0) is 25.1. The fourth-order valence-electron chi connectivity index (χ4n) is 4.15. The van der Waals surface area contributed by atoms with Crippen LogP contribution in [0.3, 0.4) is 0 Å². The molecule has 1 amide bonds. The maximum Gasteiger partial charge on any atom is 0.295 e. The second-order valence-electron chi connectivity index (χ2n) is 7.99. The third-order valence-corrected chi connectivity index (χ3v) is 6.18. The van der Waals surface area contributed by atoms with Crippen molar-refractivity contribution in [2.75, 3.05) is 20.8 Å². The molecule has 180 valence electrons. The molecule has 0 bridgehead atoms. The number of rotatable bonds is 7. The summed E-state index contributed by atoms with van der Waals surface area (Å²) in [4.78, 5) is 27.6. The Kier molecular flexibility index (Phi) is 7.07. The molecule has 1 heterocycles. The monoisotopic (exact) mass is 495 g/mol. The van der Waals surface area contributed by atoms with Crippen LogP contribution in [0.1, 0.15) is 22.7 Å². The highest BCUT2D eigenvalue weighted by atomic mass is 35.5. The van der Waals surface area contributed by atoms with Gasteiger partial charge in [-0.1, -0.05) is 29.8 Å². The van der Waals surface area contributed by atoms with Crippen molar-refractivity contribution in [1.82, 2.24) is 4.90 Å². The van der Waals surface area contributed by atoms with Gasteiger partial charge in [-0.25, -0.2) is 4.39 Å². The van der Waals surface area contributed by atoms with E-state index in [9.17, 15) is 19.1 Å². The third-order valence-electron chi connectivity index (χ3n) is 5.93. The molecule has 3 aromatic rings. The van der Waals surface area contributed by atoms with Gasteiger partial charge in [-0.2, -0.15) is 0 Å². The topological polar surface area (TPSA) is 76.1 Å². The van der Waals surface area contributed by atoms with Crippen molar-refractivity contribution in [2.24, 2.45) is 0 Å². The zero-order valence-corrected chi connectivity index (χ0v) is 19.9. The molecule has 1 saturated heterocycles. The number of hydrogen-bond donors (Lipinski definition) is 1. The molecule has 1 atom stereocenters. The average Bonchev–Trinajstić information content (AvgIpc) is 3.12. The van der Waals surface area contributed by atoms with Crippen molar-refractivity contribution in [2.45, 2.75) is 12.5 Å². The van der Waals surface area contributed by atoms with Gasteiger partial charge in [0.25, 0.3) is 11.7 Å². The molecule has 4 rings (SSSR count). The molecule has 0 spiro atoms. The number of nitrogens with zero attached hydrogens (tertiary/aromatic N) is 1. The highest BCUT2D eigenvalue weighted by molar-refractivity contribution is 6.46. The maximum absolute atomic E-state index is 13.4. The Balaban J connectivity index is 1.73. The van der Waals surface area contributed by atoms with E-state index in [1.54, 1.807) is 37.4 Å². The van der Waals surface area contributed by atoms with Crippen LogP contribution in [0.25, 0.3) is 5.76 Å². The summed E-state index contributed by atoms with van der Waals surface area (Å²) in [5.41, 5.74) is 1.67. The molecule has 0 aromatic heterocycles. The summed E-state index contributed by atoms with van der Waals surface area (Å²) >= 11 is 6.05. The van der Waals surface area contributed by atoms with E-state index in [0.29, 0.717) is 28.5 Å². The quantitative estimate of drug-likeness (QED) is 0.278. The van der Waals surface area contributed by atoms with Crippen LogP contribution in [0.5, 0.6) is 11.5 Å². The van der Waals surface area contributed by atoms with Crippen LogP contribution in [0.4, 0.5) is 4.39 Å². The fourth-order valence-corrected chi connectivity index (χ4v) is 4.28. The van der Waals surface area contributed by atoms with Crippen molar-refractivity contribution in [1.29, 1.82) is 0 Å². The van der Waals surface area contributed by atoms with E-state index in [1.165, 1.54) is 36.3 Å². The summed E-state index contributed by atoms with van der Waals surface area (Å²) in [6.07, 6.45) is 0.425. The lowest BCUT2D eigenvalue weighted by molar-refractivity contribution is -0.139. The Hall–Kier alpha value is -3.84. The van der Waals surface area contributed by atoms with Crippen LogP contribution in [-0.2, 0) is 16.0 Å². The van der Waals surface area contributed by atoms with Crippen LogP contribution in [-0.4, -0.2) is 42.5 Å². The molecule has 1 aliphatic rings. The number of likely N-dealkylation sites (tertiary alicyclic amines) is 1. The van der Waals surface area contributed by atoms with Crippen LogP contribution < -0.4 is 9.47 Å². The highest BCUT2D eigenvalue weighted by Gasteiger charge is 2.45. The molecule has 0 aliphatic carbocycles. The van der Waals surface area contributed by atoms with Gasteiger partial charge in [0.1, 0.15) is 11.6 Å². The molecule has 0 saturated carbocycles. The van der Waals surface area contributed by atoms with Gasteiger partial charge in [-0.3, -0.25) is 9.59 Å². The van der Waals surface area contributed by atoms with Crippen LogP contribution in [0.15, 0.2) is 72.3 Å². The lowest BCUT2D eigenvalue weighted by Gasteiger charge is -2.25. The first-order chi connectivity index (χ1) is 16.8. The van der Waals surface area contributed by atoms with Crippen molar-refractivity contribution >= 4 is 29.1 Å². The van der Waals surface area contributed by atoms with E-state index in [0.717, 1.165) is 5.56 Å². The first kappa shape index (κ1) is 24.3. The summed E-state index contributed by atoms with van der Waals surface area (Å²) < 4.78 is 24.0. The lowest BCUT2D eigenvalue weighted by atomic mass is 9.95. The predicted molar refractivity (Wildman–Crippen MR) is 130 cm³/mol. The van der Waals surface area contributed by atoms with E-state index in [4.69, 9.17) is 21.1 Å². The minimum absolute atomic E-state index is 0.0590. The molecule has 35 heavy (non-hydrogen) atoms. The van der Waals surface area contributed by atoms with Gasteiger partial charge >= 0.3 is 0 Å². The molecule has 3 aromatic carbocycles. The van der Waals surface area contributed by atoms with Gasteiger partial charge in [-0.15, -0.1) is 0 Å². The SMILES string of the molecule is COc1ccc(CCN2C(=O)C(=O)/C(=C(\O)c3ccc(F)cc3)C2c2ccc(Cl)cc2)cc1OC. The molecule has 0 radical (unpaired) electrons. The van der Waals surface area contributed by atoms with E-state index in [-0.39, 0.29) is 23.4 Å². The molecule has 6 nitrogen and oxygen atoms in total. The minimum atomic E-state index is -0.836. The Morgan fingerprint density at radius 2 is 1.63 bits per heavy atom. The van der Waals surface area contributed by atoms with Crippen LogP contribution in [0.2, 0.25) is 5.02 Å². The molecule has 1 N–H and O–H groups in total. The Morgan fingerprint density at radius 3 is 2.26 bits per heavy atom. The number of methoxy groups -OCH3 is 2. The maximum atomic E-state index is 13.4. The molecular weight excluding hydrogens is 473 g/mol. The Morgan fingerprint density at radius 1 is 0.971 bits per heavy atom. The molecule has 1 unspecified atom stereocenters. The van der Waals surface area contributed by atoms with Gasteiger partial charge in [-0.05, 0) is 66.1 Å². The van der Waals surface area contributed by atoms with Crippen molar-refractivity contribution in [3.8, 4) is 11.5 Å². The average molecular weight is 496 g/mol. The standard InChI is InChI=1S/C27H23ClFNO5/c1-34-21-12-3-16(15-22(21)35-2)13-14-30-24(17-4-8-19(28)9-5-17)23(26(32)27(30)33)25(31)18-6-10-20(29)11-7-18/h3-12,15,24,31H,13-14H2,1-2H3/b25-23-. The number of halogens is 2. The third kappa shape index (κ3) is 4.86. The normalized spacial score (nSPS) is 17.0. The number of Topliss-reactive ketones (excluding diaryl/α,β-unsaturated/α-hetero) is 1. The number of carbonyl (C=O) groups excluding carboxylic acids is 2. The number of ketones is 1. The minimum Gasteiger partial charge on any atom is -0.507 e. The lowest BCUT2D eigenvalue weighted by Crippen LogP contribution is -2.31. The first-order valence-corrected chi connectivity index (χ1v) is 11.2. The summed E-state index contributed by atoms with van der Waals surface area (Å²) in [5.74, 6) is -1.24. The number of aliphatic hydroxyl groups excluding tert-OH is 1. The second kappa shape index (κ2) is 10.2. The number of ether oxygens (including phenoxy) is 2. The predicted octanol–water partition coefficient (Wildman–Crippen LogP) is 5.16. The Bertz CT molecular complexity index is 1290. The fraction of sp³-hybridized carbons (Fsp3) is 0.185. The van der Waals surface area contributed by atoms with Crippen LogP contribution in [0, 0.1) is 5.82 Å². The van der Waals surface area contributed by atoms with Gasteiger partial charge in [0, 0.05) is 17.1 Å². The molecule has 8 heteroatoms. The van der Waals surface area contributed by atoms with Crippen LogP contribution >= 0.6 is 11.6 Å². The molecular formula is C27H23ClFNO5. The van der Waals surface area contributed by atoms with Crippen molar-refractivity contribution in [3.05, 3.63) is 99.8 Å². The smallest absolute Gasteiger partial charge is 0.295 e. The Labute approximate surface area is 207 Å². The number of carbonyl (C=O) groups is 2. The van der Waals surface area contributed by atoms with Crippen molar-refractivity contribution < 1.29 is 28.6 Å². The zero-order valence-electron chi connectivity index (χ0n) is 19.1. The number of hydrogen-bond acceptors (Lipinski definition) is 5. The van der Waals surface area contributed by atoms with E-state index < -0.39 is 23.5 Å². The number of amides is 1. The van der Waals surface area contributed by atoms with E-state index >= 15 is 0 Å². The summed E-state index contributed by atoms with van der Waals surface area (Å²) in [5, 5.41) is 11.5. The number of aliphatic hydroxyl groups is 1. The summed E-state index contributed by atoms with van der Waals surface area (Å²) in [6.45, 7) is 0.202. The van der Waals surface area contributed by atoms with Gasteiger partial charge in [0.2, 0.25) is 0 Å². The van der Waals surface area contributed by atoms with Gasteiger partial charge in [0.05, 0.1) is 25.8 Å². The van der Waals surface area contributed by atoms with E-state index in [1.807, 2.05) is 12.1 Å². The number of benzene rings is 3. The van der Waals surface area contributed by atoms with E-state index in [2.05, 4.69) is 0 Å². The summed E-state index contributed by atoms with van der Waals surface area (Å²) in [6, 6.07) is 16.4. The second-order valence-corrected chi connectivity index (χ2v) is 8.43. The van der Waals surface area contributed by atoms with Gasteiger partial charge in [0.15, 0.2) is 11.5 Å². The molecule has 1 aliphatic heterocycles. The highest BCUT2D eigenvalue weighted by Crippen LogP contribution is 2.40. The van der Waals surface area contributed by atoms with Crippen molar-refractivity contribution in [3.63, 3.8) is 0 Å². The van der Waals surface area contributed by atoms with Gasteiger partial charge < -0.3 is 19.5 Å². The largest absolute Gasteiger partial charge is 0.507 e. The first-order valence-electron chi connectivity index (χ1n) is 10.8. The summed E-state index contributed by atoms with van der Waals surface area (Å²) in [7, 11) is 3.08. The molecule has 1 fully saturated rings.